The van der Waals surface area contributed by atoms with Crippen molar-refractivity contribution in [3.8, 4) is 11.5 Å². The highest BCUT2D eigenvalue weighted by atomic mass is 79.9. The van der Waals surface area contributed by atoms with Crippen LogP contribution in [0.1, 0.15) is 11.1 Å². The quantitative estimate of drug-likeness (QED) is 0.204. The summed E-state index contributed by atoms with van der Waals surface area (Å²) < 4.78 is 112. The molecule has 0 spiro atoms. The fraction of sp³-hybridized carbons (Fsp3) is 0.278. The second-order valence-electron chi connectivity index (χ2n) is 5.96. The Kier molecular flexibility index (Phi) is 7.40. The van der Waals surface area contributed by atoms with Crippen molar-refractivity contribution in [1.29, 1.82) is 0 Å². The number of ether oxygens (including phenoxy) is 2. The number of nitrogens with zero attached hydrogens (tertiary/aromatic N) is 1. The predicted molar refractivity (Wildman–Crippen MR) is 98.1 cm³/mol. The molecule has 2 aromatic rings. The molecule has 0 aliphatic heterocycles. The monoisotopic (exact) mass is 520 g/mol. The second kappa shape index (κ2) is 9.28. The van der Waals surface area contributed by atoms with Crippen molar-refractivity contribution < 1.29 is 44.6 Å². The summed E-state index contributed by atoms with van der Waals surface area (Å²) in [6.45, 7) is 0.0246. The Balaban J connectivity index is 2.16. The Morgan fingerprint density at radius 3 is 2.16 bits per heavy atom. The average Bonchev–Trinajstić information content (AvgIpc) is 2.67. The van der Waals surface area contributed by atoms with E-state index in [2.05, 4.69) is 21.0 Å². The molecule has 170 valence electrons. The summed E-state index contributed by atoms with van der Waals surface area (Å²) in [4.78, 5) is 0. The van der Waals surface area contributed by atoms with Gasteiger partial charge in [-0.3, -0.25) is 0 Å². The van der Waals surface area contributed by atoms with Crippen LogP contribution >= 0.6 is 15.9 Å². The Morgan fingerprint density at radius 1 is 1.00 bits per heavy atom. The van der Waals surface area contributed by atoms with Gasteiger partial charge in [-0.1, -0.05) is 12.1 Å². The number of methoxy groups -OCH3 is 1. The Hall–Kier alpha value is -2.57. The Labute approximate surface area is 179 Å². The molecule has 0 radical (unpaired) electrons. The lowest BCUT2D eigenvalue weighted by Gasteiger charge is -2.27. The van der Waals surface area contributed by atoms with Gasteiger partial charge in [-0.15, -0.1) is 0 Å². The molecule has 0 aliphatic rings. The molecule has 0 aromatic heterocycles. The van der Waals surface area contributed by atoms with Crippen LogP contribution in [0.5, 0.6) is 11.5 Å². The van der Waals surface area contributed by atoms with E-state index in [4.69, 9.17) is 9.47 Å². The number of hydrogen-bond acceptors (Lipinski definition) is 4. The molecule has 0 fully saturated rings. The molecular weight excluding hydrogens is 508 g/mol. The van der Waals surface area contributed by atoms with Gasteiger partial charge < -0.3 is 9.47 Å². The summed E-state index contributed by atoms with van der Waals surface area (Å²) in [5.41, 5.74) is 1.16. The van der Waals surface area contributed by atoms with Gasteiger partial charge in [0.15, 0.2) is 11.5 Å². The molecule has 0 saturated heterocycles. The highest BCUT2D eigenvalue weighted by molar-refractivity contribution is 9.10. The minimum absolute atomic E-state index is 0.00427. The fourth-order valence-corrected chi connectivity index (χ4v) is 2.52. The van der Waals surface area contributed by atoms with Crippen molar-refractivity contribution in [1.82, 2.24) is 5.43 Å². The first kappa shape index (κ1) is 24.7. The summed E-state index contributed by atoms with van der Waals surface area (Å²) in [5, 5.41) is 2.79. The molecule has 0 aliphatic carbocycles. The lowest BCUT2D eigenvalue weighted by molar-refractivity contribution is -0.361. The molecule has 31 heavy (non-hydrogen) atoms. The number of halogens is 9. The van der Waals surface area contributed by atoms with E-state index < -0.39 is 24.0 Å². The molecular formula is C18H13BrF8N2O2. The van der Waals surface area contributed by atoms with Crippen molar-refractivity contribution in [3.63, 3.8) is 0 Å². The van der Waals surface area contributed by atoms with E-state index in [1.807, 2.05) is 0 Å². The first-order valence-electron chi connectivity index (χ1n) is 8.16. The summed E-state index contributed by atoms with van der Waals surface area (Å²) in [6.07, 6.45) is -5.89. The zero-order valence-electron chi connectivity index (χ0n) is 15.4. The lowest BCUT2D eigenvalue weighted by atomic mass is 10.2. The lowest BCUT2D eigenvalue weighted by Crippen LogP contribution is -2.58. The second-order valence-corrected chi connectivity index (χ2v) is 6.81. The maximum absolute atomic E-state index is 13.2. The molecule has 0 unspecified atom stereocenters. The maximum Gasteiger partial charge on any atom is 0.462 e. The normalized spacial score (nSPS) is 12.8. The third kappa shape index (κ3) is 5.77. The van der Waals surface area contributed by atoms with Gasteiger partial charge in [-0.05, 0) is 45.8 Å². The average molecular weight is 521 g/mol. The Morgan fingerprint density at radius 2 is 1.61 bits per heavy atom. The third-order valence-corrected chi connectivity index (χ3v) is 4.44. The maximum atomic E-state index is 13.2. The molecule has 13 heteroatoms. The van der Waals surface area contributed by atoms with Gasteiger partial charge in [0.05, 0.1) is 13.3 Å². The fourth-order valence-electron chi connectivity index (χ4n) is 2.09. The van der Waals surface area contributed by atoms with Gasteiger partial charge >= 0.3 is 18.1 Å². The van der Waals surface area contributed by atoms with E-state index in [0.29, 0.717) is 17.2 Å². The molecule has 1 N–H and O–H groups in total. The largest absolute Gasteiger partial charge is 0.493 e. The topological polar surface area (TPSA) is 42.8 Å². The van der Waals surface area contributed by atoms with Crippen molar-refractivity contribution in [2.24, 2.45) is 5.10 Å². The first-order chi connectivity index (χ1) is 14.3. The number of hydrazone groups is 1. The SMILES string of the molecule is COc1cc(/C=N/NC(F)(F)C(F)(F)C(F)(F)F)c(Br)cc1OCc1ccc(F)cc1. The predicted octanol–water partition coefficient (Wildman–Crippen LogP) is 5.89. The number of alkyl halides is 7. The summed E-state index contributed by atoms with van der Waals surface area (Å²) in [5.74, 6) is -6.51. The molecule has 2 aromatic carbocycles. The van der Waals surface area contributed by atoms with Crippen LogP contribution in [0, 0.1) is 5.82 Å². The van der Waals surface area contributed by atoms with Crippen molar-refractivity contribution >= 4 is 22.1 Å². The van der Waals surface area contributed by atoms with Crippen LogP contribution in [-0.4, -0.2) is 31.5 Å². The van der Waals surface area contributed by atoms with Gasteiger partial charge in [0.1, 0.15) is 12.4 Å². The molecule has 0 saturated carbocycles. The van der Waals surface area contributed by atoms with Crippen LogP contribution in [0.4, 0.5) is 35.1 Å². The number of benzene rings is 2. The van der Waals surface area contributed by atoms with Crippen LogP contribution in [0.3, 0.4) is 0 Å². The van der Waals surface area contributed by atoms with E-state index in [1.54, 1.807) is 0 Å². The van der Waals surface area contributed by atoms with Crippen molar-refractivity contribution in [3.05, 3.63) is 57.8 Å². The highest BCUT2D eigenvalue weighted by Crippen LogP contribution is 2.45. The third-order valence-electron chi connectivity index (χ3n) is 3.75. The summed E-state index contributed by atoms with van der Waals surface area (Å²) in [6, 6.07) is 2.31. The van der Waals surface area contributed by atoms with E-state index >= 15 is 0 Å². The van der Waals surface area contributed by atoms with E-state index in [-0.39, 0.29) is 28.1 Å². The molecule has 0 bridgehead atoms. The van der Waals surface area contributed by atoms with Crippen molar-refractivity contribution in [2.75, 3.05) is 7.11 Å². The molecule has 2 rings (SSSR count). The number of nitrogens with one attached hydrogen (secondary N) is 1. The Bertz CT molecular complexity index is 933. The van der Waals surface area contributed by atoms with Crippen LogP contribution in [-0.2, 0) is 6.61 Å². The minimum Gasteiger partial charge on any atom is -0.493 e. The van der Waals surface area contributed by atoms with Crippen LogP contribution in [0.25, 0.3) is 0 Å². The van der Waals surface area contributed by atoms with Crippen LogP contribution in [0.2, 0.25) is 0 Å². The highest BCUT2D eigenvalue weighted by Gasteiger charge is 2.73. The van der Waals surface area contributed by atoms with Gasteiger partial charge in [0.25, 0.3) is 0 Å². The standard InChI is InChI=1S/C18H13BrF8N2O2/c1-30-14-6-11(8-28-29-18(26,27)16(21,22)17(23,24)25)13(19)7-15(14)31-9-10-2-4-12(20)5-3-10/h2-8,29H,9H2,1H3/b28-8+. The zero-order chi connectivity index (χ0) is 23.4. The zero-order valence-corrected chi connectivity index (χ0v) is 17.0. The van der Waals surface area contributed by atoms with Gasteiger partial charge in [0.2, 0.25) is 0 Å². The van der Waals surface area contributed by atoms with Gasteiger partial charge in [0, 0.05) is 10.0 Å². The van der Waals surface area contributed by atoms with E-state index in [0.717, 1.165) is 0 Å². The van der Waals surface area contributed by atoms with E-state index in [1.165, 1.54) is 43.5 Å². The van der Waals surface area contributed by atoms with Crippen LogP contribution < -0.4 is 14.9 Å². The van der Waals surface area contributed by atoms with Crippen LogP contribution in [0.15, 0.2) is 46.0 Å². The minimum atomic E-state index is -6.48. The first-order valence-corrected chi connectivity index (χ1v) is 8.95. The van der Waals surface area contributed by atoms with Gasteiger partial charge in [-0.2, -0.15) is 35.8 Å². The van der Waals surface area contributed by atoms with Gasteiger partial charge in [-0.25, -0.2) is 9.82 Å². The number of rotatable bonds is 8. The molecule has 0 atom stereocenters. The molecule has 0 amide bonds. The number of hydrogen-bond donors (Lipinski definition) is 1. The van der Waals surface area contributed by atoms with Crippen molar-refractivity contribution in [2.45, 2.75) is 24.8 Å². The molecule has 0 heterocycles. The van der Waals surface area contributed by atoms with E-state index in [9.17, 15) is 35.1 Å². The summed E-state index contributed by atoms with van der Waals surface area (Å²) >= 11 is 3.08. The smallest absolute Gasteiger partial charge is 0.462 e. The summed E-state index contributed by atoms with van der Waals surface area (Å²) in [7, 11) is 1.26. The molecule has 4 nitrogen and oxygen atoms in total.